The maximum atomic E-state index is 12.7. The Morgan fingerprint density at radius 2 is 2.19 bits per heavy atom. The fraction of sp³-hybridized carbons (Fsp3) is 0.524. The Kier molecular flexibility index (Phi) is 6.10. The first-order valence-corrected chi connectivity index (χ1v) is 10.1. The minimum Gasteiger partial charge on any atom is -0.361 e. The molecule has 0 spiro atoms. The first kappa shape index (κ1) is 19.7. The Balaban J connectivity index is 1.58. The average Bonchev–Trinajstić information content (AvgIpc) is 3.00. The van der Waals surface area contributed by atoms with Crippen molar-refractivity contribution in [3.8, 4) is 0 Å². The van der Waals surface area contributed by atoms with Crippen LogP contribution >= 0.6 is 11.6 Å². The molecule has 6 heteroatoms. The number of hydrogen-bond donors (Lipinski definition) is 2. The fourth-order valence-corrected chi connectivity index (χ4v) is 4.10. The highest BCUT2D eigenvalue weighted by Crippen LogP contribution is 2.26. The highest BCUT2D eigenvalue weighted by atomic mass is 35.5. The molecule has 0 bridgehead atoms. The molecule has 1 fully saturated rings. The molecule has 2 atom stereocenters. The minimum atomic E-state index is -0.140. The van der Waals surface area contributed by atoms with Crippen LogP contribution in [-0.2, 0) is 16.0 Å². The Labute approximate surface area is 165 Å². The number of aromatic amines is 1. The van der Waals surface area contributed by atoms with E-state index in [1.807, 2.05) is 36.2 Å². The summed E-state index contributed by atoms with van der Waals surface area (Å²) in [5.41, 5.74) is 2.19. The van der Waals surface area contributed by atoms with E-state index < -0.39 is 0 Å². The highest BCUT2D eigenvalue weighted by Gasteiger charge is 2.36. The van der Waals surface area contributed by atoms with Gasteiger partial charge < -0.3 is 15.2 Å². The zero-order valence-corrected chi connectivity index (χ0v) is 17.0. The summed E-state index contributed by atoms with van der Waals surface area (Å²) >= 11 is 6.10. The third-order valence-electron chi connectivity index (χ3n) is 5.39. The zero-order chi connectivity index (χ0) is 19.6. The van der Waals surface area contributed by atoms with Crippen molar-refractivity contribution >= 4 is 34.3 Å². The largest absolute Gasteiger partial charge is 0.361 e. The van der Waals surface area contributed by atoms with Crippen LogP contribution in [-0.4, -0.2) is 40.8 Å². The maximum absolute atomic E-state index is 12.7. The first-order chi connectivity index (χ1) is 12.9. The quantitative estimate of drug-likeness (QED) is 0.789. The summed E-state index contributed by atoms with van der Waals surface area (Å²) in [5.74, 6) is 0.461. The average molecular weight is 390 g/mol. The number of carbonyl (C=O) groups is 2. The van der Waals surface area contributed by atoms with E-state index in [0.29, 0.717) is 36.9 Å². The Morgan fingerprint density at radius 1 is 1.41 bits per heavy atom. The van der Waals surface area contributed by atoms with Gasteiger partial charge in [-0.15, -0.1) is 0 Å². The van der Waals surface area contributed by atoms with Gasteiger partial charge in [0.2, 0.25) is 11.8 Å². The lowest BCUT2D eigenvalue weighted by molar-refractivity contribution is -0.142. The molecule has 3 rings (SSSR count). The van der Waals surface area contributed by atoms with E-state index in [-0.39, 0.29) is 23.8 Å². The molecular weight excluding hydrogens is 362 g/mol. The Hall–Kier alpha value is -2.01. The molecule has 1 saturated heterocycles. The molecule has 2 heterocycles. The van der Waals surface area contributed by atoms with Gasteiger partial charge in [-0.1, -0.05) is 25.4 Å². The molecular formula is C21H28ClN3O2. The number of benzene rings is 1. The van der Waals surface area contributed by atoms with Crippen LogP contribution in [0.2, 0.25) is 5.02 Å². The molecule has 0 aliphatic carbocycles. The fourth-order valence-electron chi connectivity index (χ4n) is 3.93. The summed E-state index contributed by atoms with van der Waals surface area (Å²) in [6.07, 6.45) is 3.79. The Bertz CT molecular complexity index is 830. The van der Waals surface area contributed by atoms with Crippen LogP contribution in [0.25, 0.3) is 10.9 Å². The van der Waals surface area contributed by atoms with Gasteiger partial charge in [0.1, 0.15) is 0 Å². The van der Waals surface area contributed by atoms with Gasteiger partial charge in [0.15, 0.2) is 0 Å². The SMILES string of the molecule is CC(C)CN1C(=O)CC[C@@H](C(=O)NCCc2c[nH]c3ccc(Cl)cc23)[C@H]1C. The summed E-state index contributed by atoms with van der Waals surface area (Å²) in [7, 11) is 0. The number of likely N-dealkylation sites (tertiary alicyclic amines) is 1. The van der Waals surface area contributed by atoms with E-state index in [1.54, 1.807) is 0 Å². The molecule has 0 saturated carbocycles. The summed E-state index contributed by atoms with van der Waals surface area (Å²) < 4.78 is 0. The minimum absolute atomic E-state index is 0.0432. The molecule has 2 N–H and O–H groups in total. The molecule has 1 aliphatic heterocycles. The number of nitrogens with zero attached hydrogens (tertiary/aromatic N) is 1. The molecule has 1 aliphatic rings. The lowest BCUT2D eigenvalue weighted by Crippen LogP contribution is -2.52. The number of carbonyl (C=O) groups excluding carboxylic acids is 2. The number of piperidine rings is 1. The van der Waals surface area contributed by atoms with E-state index in [4.69, 9.17) is 11.6 Å². The van der Waals surface area contributed by atoms with Gasteiger partial charge in [0, 0.05) is 47.7 Å². The smallest absolute Gasteiger partial charge is 0.225 e. The molecule has 5 nitrogen and oxygen atoms in total. The van der Waals surface area contributed by atoms with Crippen LogP contribution in [0.1, 0.15) is 39.2 Å². The number of amides is 2. The Morgan fingerprint density at radius 3 is 2.93 bits per heavy atom. The van der Waals surface area contributed by atoms with Crippen molar-refractivity contribution in [3.63, 3.8) is 0 Å². The van der Waals surface area contributed by atoms with Crippen LogP contribution in [0.4, 0.5) is 0 Å². The van der Waals surface area contributed by atoms with Crippen molar-refractivity contribution in [1.29, 1.82) is 0 Å². The maximum Gasteiger partial charge on any atom is 0.225 e. The lowest BCUT2D eigenvalue weighted by atomic mass is 9.88. The van der Waals surface area contributed by atoms with Crippen molar-refractivity contribution in [2.75, 3.05) is 13.1 Å². The van der Waals surface area contributed by atoms with Gasteiger partial charge in [-0.25, -0.2) is 0 Å². The standard InChI is InChI=1S/C21H28ClN3O2/c1-13(2)12-25-14(3)17(5-7-20(25)26)21(27)23-9-8-15-11-24-19-6-4-16(22)10-18(15)19/h4,6,10-11,13-14,17,24H,5,7-9,12H2,1-3H3,(H,23,27)/t14-,17-/m1/s1. The second kappa shape index (κ2) is 8.34. The van der Waals surface area contributed by atoms with Gasteiger partial charge >= 0.3 is 0 Å². The predicted molar refractivity (Wildman–Crippen MR) is 109 cm³/mol. The predicted octanol–water partition coefficient (Wildman–Crippen LogP) is 3.76. The molecule has 1 aromatic heterocycles. The molecule has 2 aromatic rings. The normalized spacial score (nSPS) is 20.5. The van der Waals surface area contributed by atoms with Gasteiger partial charge in [0.25, 0.3) is 0 Å². The topological polar surface area (TPSA) is 65.2 Å². The number of rotatable bonds is 6. The third kappa shape index (κ3) is 4.46. The molecule has 146 valence electrons. The summed E-state index contributed by atoms with van der Waals surface area (Å²) in [6, 6.07) is 5.72. The van der Waals surface area contributed by atoms with Crippen LogP contribution in [0, 0.1) is 11.8 Å². The number of H-pyrrole nitrogens is 1. The highest BCUT2D eigenvalue weighted by molar-refractivity contribution is 6.31. The van der Waals surface area contributed by atoms with E-state index in [9.17, 15) is 9.59 Å². The van der Waals surface area contributed by atoms with Gasteiger partial charge in [0.05, 0.1) is 5.92 Å². The summed E-state index contributed by atoms with van der Waals surface area (Å²) in [4.78, 5) is 30.0. The van der Waals surface area contributed by atoms with Crippen LogP contribution in [0.3, 0.4) is 0 Å². The molecule has 0 radical (unpaired) electrons. The van der Waals surface area contributed by atoms with Crippen LogP contribution < -0.4 is 5.32 Å². The van der Waals surface area contributed by atoms with E-state index in [1.165, 1.54) is 0 Å². The van der Waals surface area contributed by atoms with E-state index in [0.717, 1.165) is 22.9 Å². The molecule has 0 unspecified atom stereocenters. The number of aromatic nitrogens is 1. The number of hydrogen-bond acceptors (Lipinski definition) is 2. The zero-order valence-electron chi connectivity index (χ0n) is 16.2. The first-order valence-electron chi connectivity index (χ1n) is 9.69. The number of halogens is 1. The van der Waals surface area contributed by atoms with Crippen LogP contribution in [0.5, 0.6) is 0 Å². The van der Waals surface area contributed by atoms with E-state index in [2.05, 4.69) is 24.1 Å². The van der Waals surface area contributed by atoms with E-state index >= 15 is 0 Å². The summed E-state index contributed by atoms with van der Waals surface area (Å²) in [5, 5.41) is 4.87. The number of nitrogens with one attached hydrogen (secondary N) is 2. The molecule has 2 amide bonds. The second-order valence-electron chi connectivity index (χ2n) is 7.87. The second-order valence-corrected chi connectivity index (χ2v) is 8.31. The van der Waals surface area contributed by atoms with Crippen LogP contribution in [0.15, 0.2) is 24.4 Å². The monoisotopic (exact) mass is 389 g/mol. The van der Waals surface area contributed by atoms with Gasteiger partial charge in [-0.05, 0) is 49.4 Å². The third-order valence-corrected chi connectivity index (χ3v) is 5.62. The molecule has 27 heavy (non-hydrogen) atoms. The molecule has 1 aromatic carbocycles. The van der Waals surface area contributed by atoms with Gasteiger partial charge in [-0.2, -0.15) is 0 Å². The van der Waals surface area contributed by atoms with Crippen molar-refractivity contribution < 1.29 is 9.59 Å². The van der Waals surface area contributed by atoms with Crippen molar-refractivity contribution in [1.82, 2.24) is 15.2 Å². The van der Waals surface area contributed by atoms with Crippen molar-refractivity contribution in [3.05, 3.63) is 35.0 Å². The van der Waals surface area contributed by atoms with Gasteiger partial charge in [-0.3, -0.25) is 9.59 Å². The van der Waals surface area contributed by atoms with Crippen molar-refractivity contribution in [2.24, 2.45) is 11.8 Å². The van der Waals surface area contributed by atoms with Crippen molar-refractivity contribution in [2.45, 2.75) is 46.1 Å². The lowest BCUT2D eigenvalue weighted by Gasteiger charge is -2.39. The summed E-state index contributed by atoms with van der Waals surface area (Å²) in [6.45, 7) is 7.46. The number of fused-ring (bicyclic) bond motifs is 1.